The van der Waals surface area contributed by atoms with Crippen LogP contribution in [-0.2, 0) is 0 Å². The Morgan fingerprint density at radius 2 is 2.00 bits per heavy atom. The molecule has 0 aliphatic heterocycles. The molecule has 0 aromatic rings. The molecule has 0 spiro atoms. The van der Waals surface area contributed by atoms with Crippen LogP contribution in [0.2, 0.25) is 0 Å². The summed E-state index contributed by atoms with van der Waals surface area (Å²) in [6.45, 7) is 12.4. The van der Waals surface area contributed by atoms with Gasteiger partial charge in [-0.05, 0) is 24.8 Å². The maximum absolute atomic E-state index is 9.87. The van der Waals surface area contributed by atoms with Crippen molar-refractivity contribution in [2.75, 3.05) is 6.54 Å². The van der Waals surface area contributed by atoms with Gasteiger partial charge in [-0.2, -0.15) is 0 Å². The van der Waals surface area contributed by atoms with Crippen molar-refractivity contribution in [2.24, 2.45) is 11.8 Å². The van der Waals surface area contributed by atoms with Crippen molar-refractivity contribution in [1.29, 1.82) is 0 Å². The van der Waals surface area contributed by atoms with E-state index in [4.69, 9.17) is 5.84 Å². The Morgan fingerprint density at radius 3 is 2.29 bits per heavy atom. The second-order valence-electron chi connectivity index (χ2n) is 3.87. The van der Waals surface area contributed by atoms with Crippen molar-refractivity contribution in [3.63, 3.8) is 0 Å². The zero-order valence-corrected chi connectivity index (χ0v) is 9.67. The highest BCUT2D eigenvalue weighted by Gasteiger charge is 2.14. The molecule has 0 saturated carbocycles. The van der Waals surface area contributed by atoms with Gasteiger partial charge >= 0.3 is 0 Å². The predicted molar refractivity (Wildman–Crippen MR) is 60.5 cm³/mol. The summed E-state index contributed by atoms with van der Waals surface area (Å²) >= 11 is 0. The van der Waals surface area contributed by atoms with Gasteiger partial charge in [-0.3, -0.25) is 5.01 Å². The number of rotatable bonds is 5. The van der Waals surface area contributed by atoms with Crippen molar-refractivity contribution < 1.29 is 5.11 Å². The normalized spacial score (nSPS) is 12.7. The molecular weight excluding hydrogens is 176 g/mol. The summed E-state index contributed by atoms with van der Waals surface area (Å²) in [6, 6.07) is 0. The minimum Gasteiger partial charge on any atom is -0.494 e. The summed E-state index contributed by atoms with van der Waals surface area (Å²) in [7, 11) is 0. The van der Waals surface area contributed by atoms with Gasteiger partial charge in [0, 0.05) is 12.1 Å². The van der Waals surface area contributed by atoms with E-state index in [1.807, 2.05) is 27.7 Å². The molecule has 0 aromatic heterocycles. The Kier molecular flexibility index (Phi) is 5.31. The number of aliphatic hydroxyl groups is 1. The fraction of sp³-hybridized carbons (Fsp3) is 0.636. The molecule has 3 heteroatoms. The van der Waals surface area contributed by atoms with Crippen LogP contribution in [0.1, 0.15) is 34.1 Å². The lowest BCUT2D eigenvalue weighted by Gasteiger charge is -2.22. The highest BCUT2D eigenvalue weighted by atomic mass is 16.3. The van der Waals surface area contributed by atoms with Gasteiger partial charge in [0.15, 0.2) is 0 Å². The molecule has 0 atom stereocenters. The van der Waals surface area contributed by atoms with Crippen LogP contribution in [0.15, 0.2) is 23.6 Å². The van der Waals surface area contributed by atoms with Gasteiger partial charge in [-0.1, -0.05) is 27.4 Å². The van der Waals surface area contributed by atoms with E-state index in [0.717, 1.165) is 17.6 Å². The number of hydrogen-bond acceptors (Lipinski definition) is 3. The topological polar surface area (TPSA) is 49.5 Å². The van der Waals surface area contributed by atoms with Crippen LogP contribution >= 0.6 is 0 Å². The van der Waals surface area contributed by atoms with Crippen molar-refractivity contribution in [2.45, 2.75) is 34.1 Å². The highest BCUT2D eigenvalue weighted by Crippen LogP contribution is 2.21. The van der Waals surface area contributed by atoms with Crippen molar-refractivity contribution >= 4 is 0 Å². The van der Waals surface area contributed by atoms with E-state index in [-0.39, 0.29) is 11.8 Å². The van der Waals surface area contributed by atoms with Crippen LogP contribution in [0.25, 0.3) is 0 Å². The summed E-state index contributed by atoms with van der Waals surface area (Å²) in [5.41, 5.74) is 1.70. The lowest BCUT2D eigenvalue weighted by atomic mass is 9.97. The standard InChI is InChI=1S/C11H22N2O/c1-6-7-13(12)11(14)10(8(2)3)9(4)5/h9,14H,2,6-7,12H2,1,3-5H3/b11-10-. The predicted octanol–water partition coefficient (Wildman–Crippen LogP) is 2.57. The highest BCUT2D eigenvalue weighted by molar-refractivity contribution is 5.29. The third-order valence-corrected chi connectivity index (χ3v) is 2.01. The van der Waals surface area contributed by atoms with Gasteiger partial charge in [0.2, 0.25) is 5.88 Å². The quantitative estimate of drug-likeness (QED) is 0.309. The smallest absolute Gasteiger partial charge is 0.205 e. The number of nitrogens with zero attached hydrogens (tertiary/aromatic N) is 1. The van der Waals surface area contributed by atoms with Crippen LogP contribution in [0.3, 0.4) is 0 Å². The number of hydrogen-bond donors (Lipinski definition) is 2. The molecule has 0 radical (unpaired) electrons. The number of hydrazine groups is 1. The van der Waals surface area contributed by atoms with E-state index in [1.54, 1.807) is 0 Å². The van der Waals surface area contributed by atoms with E-state index in [2.05, 4.69) is 6.58 Å². The fourth-order valence-corrected chi connectivity index (χ4v) is 1.44. The van der Waals surface area contributed by atoms with Crippen LogP contribution in [0.4, 0.5) is 0 Å². The first kappa shape index (κ1) is 13.0. The van der Waals surface area contributed by atoms with Crippen LogP contribution in [-0.4, -0.2) is 16.7 Å². The Morgan fingerprint density at radius 1 is 1.50 bits per heavy atom. The second-order valence-corrected chi connectivity index (χ2v) is 3.87. The van der Waals surface area contributed by atoms with Gasteiger partial charge in [-0.25, -0.2) is 5.84 Å². The summed E-state index contributed by atoms with van der Waals surface area (Å²) < 4.78 is 0. The van der Waals surface area contributed by atoms with Crippen LogP contribution < -0.4 is 5.84 Å². The summed E-state index contributed by atoms with van der Waals surface area (Å²) in [6.07, 6.45) is 0.905. The molecule has 0 bridgehead atoms. The SMILES string of the molecule is C=C(C)/C(=C(/O)N(N)CCC)C(C)C. The molecule has 0 saturated heterocycles. The molecule has 0 unspecified atom stereocenters. The van der Waals surface area contributed by atoms with Crippen molar-refractivity contribution in [1.82, 2.24) is 5.01 Å². The molecule has 0 heterocycles. The summed E-state index contributed by atoms with van der Waals surface area (Å²) in [5, 5.41) is 11.2. The molecule has 0 rings (SSSR count). The first-order valence-electron chi connectivity index (χ1n) is 5.03. The molecular formula is C11H22N2O. The minimum absolute atomic E-state index is 0.148. The molecule has 14 heavy (non-hydrogen) atoms. The molecule has 3 nitrogen and oxygen atoms in total. The lowest BCUT2D eigenvalue weighted by molar-refractivity contribution is 0.196. The maximum atomic E-state index is 9.87. The van der Waals surface area contributed by atoms with Gasteiger partial charge in [0.1, 0.15) is 0 Å². The fourth-order valence-electron chi connectivity index (χ4n) is 1.44. The first-order valence-corrected chi connectivity index (χ1v) is 5.03. The molecule has 0 fully saturated rings. The van der Waals surface area contributed by atoms with E-state index in [0.29, 0.717) is 6.54 Å². The van der Waals surface area contributed by atoms with Gasteiger partial charge in [0.05, 0.1) is 0 Å². The Bertz CT molecular complexity index is 231. The van der Waals surface area contributed by atoms with E-state index in [9.17, 15) is 5.11 Å². The van der Waals surface area contributed by atoms with E-state index >= 15 is 0 Å². The monoisotopic (exact) mass is 198 g/mol. The van der Waals surface area contributed by atoms with Gasteiger partial charge in [-0.15, -0.1) is 0 Å². The average Bonchev–Trinajstić information content (AvgIpc) is 2.03. The number of aliphatic hydroxyl groups excluding tert-OH is 1. The second kappa shape index (κ2) is 5.70. The minimum atomic E-state index is 0.148. The number of allylic oxidation sites excluding steroid dienone is 2. The Labute approximate surface area is 86.9 Å². The average molecular weight is 198 g/mol. The van der Waals surface area contributed by atoms with Crippen molar-refractivity contribution in [3.05, 3.63) is 23.6 Å². The Balaban J connectivity index is 4.89. The largest absolute Gasteiger partial charge is 0.494 e. The van der Waals surface area contributed by atoms with Crippen LogP contribution in [0.5, 0.6) is 0 Å². The zero-order chi connectivity index (χ0) is 11.3. The summed E-state index contributed by atoms with van der Waals surface area (Å²) in [4.78, 5) is 0. The third kappa shape index (κ3) is 3.42. The van der Waals surface area contributed by atoms with E-state index < -0.39 is 0 Å². The van der Waals surface area contributed by atoms with Crippen molar-refractivity contribution in [3.8, 4) is 0 Å². The molecule has 3 N–H and O–H groups in total. The molecule has 0 amide bonds. The molecule has 82 valence electrons. The zero-order valence-electron chi connectivity index (χ0n) is 9.67. The molecule has 0 aliphatic rings. The maximum Gasteiger partial charge on any atom is 0.205 e. The summed E-state index contributed by atoms with van der Waals surface area (Å²) in [5.74, 6) is 6.07. The number of nitrogens with two attached hydrogens (primary N) is 1. The molecule has 0 aliphatic carbocycles. The third-order valence-electron chi connectivity index (χ3n) is 2.01. The van der Waals surface area contributed by atoms with Crippen LogP contribution in [0, 0.1) is 5.92 Å². The van der Waals surface area contributed by atoms with Gasteiger partial charge < -0.3 is 5.11 Å². The Hall–Kier alpha value is -0.960. The molecule has 0 aromatic carbocycles. The van der Waals surface area contributed by atoms with Gasteiger partial charge in [0.25, 0.3) is 0 Å². The first-order chi connectivity index (χ1) is 6.41. The lowest BCUT2D eigenvalue weighted by Crippen LogP contribution is -2.32. The van der Waals surface area contributed by atoms with E-state index in [1.165, 1.54) is 5.01 Å².